The third kappa shape index (κ3) is 5.68. The average molecular weight is 429 g/mol. The number of nitro benzene ring substituents is 1. The van der Waals surface area contributed by atoms with Crippen molar-refractivity contribution in [3.05, 3.63) is 81.6 Å². The molecule has 3 rings (SSSR count). The first-order valence-electron chi connectivity index (χ1n) is 8.96. The average Bonchev–Trinajstić information content (AvgIpc) is 3.22. The van der Waals surface area contributed by atoms with Crippen molar-refractivity contribution in [1.82, 2.24) is 0 Å². The predicted molar refractivity (Wildman–Crippen MR) is 110 cm³/mol. The number of ether oxygens (including phenoxy) is 1. The number of hydrogen-bond donors (Lipinski definition) is 1. The van der Waals surface area contributed by atoms with Crippen LogP contribution in [0.4, 0.5) is 11.4 Å². The number of anilines is 1. The van der Waals surface area contributed by atoms with Crippen LogP contribution >= 0.6 is 11.6 Å². The third-order valence-electron chi connectivity index (χ3n) is 4.09. The zero-order chi connectivity index (χ0) is 21.5. The summed E-state index contributed by atoms with van der Waals surface area (Å²) in [7, 11) is 0. The molecule has 0 radical (unpaired) electrons. The molecule has 1 amide bonds. The second-order valence-corrected chi connectivity index (χ2v) is 6.67. The van der Waals surface area contributed by atoms with Gasteiger partial charge >= 0.3 is 5.97 Å². The Bertz CT molecular complexity index is 1060. The number of aryl methyl sites for hydroxylation is 1. The molecule has 1 aromatic heterocycles. The van der Waals surface area contributed by atoms with Gasteiger partial charge in [0, 0.05) is 24.1 Å². The van der Waals surface area contributed by atoms with E-state index in [0.717, 1.165) is 11.6 Å². The summed E-state index contributed by atoms with van der Waals surface area (Å²) in [5, 5.41) is 13.3. The van der Waals surface area contributed by atoms with Crippen LogP contribution in [0.2, 0.25) is 5.02 Å². The summed E-state index contributed by atoms with van der Waals surface area (Å²) in [6.45, 7) is -0.536. The van der Waals surface area contributed by atoms with Crippen LogP contribution in [0, 0.1) is 10.1 Å². The lowest BCUT2D eigenvalue weighted by atomic mass is 10.2. The number of nitrogens with zero attached hydrogens (tertiary/aromatic N) is 1. The number of benzene rings is 2. The van der Waals surface area contributed by atoms with Crippen LogP contribution in [0.25, 0.3) is 11.3 Å². The molecular weight excluding hydrogens is 412 g/mol. The minimum absolute atomic E-state index is 0.0343. The zero-order valence-corrected chi connectivity index (χ0v) is 16.4. The van der Waals surface area contributed by atoms with Crippen molar-refractivity contribution in [1.29, 1.82) is 0 Å². The maximum absolute atomic E-state index is 11.9. The van der Waals surface area contributed by atoms with E-state index < -0.39 is 23.4 Å². The van der Waals surface area contributed by atoms with E-state index in [-0.39, 0.29) is 22.8 Å². The van der Waals surface area contributed by atoms with E-state index >= 15 is 0 Å². The Balaban J connectivity index is 1.46. The van der Waals surface area contributed by atoms with Crippen LogP contribution in [0.5, 0.6) is 0 Å². The molecule has 1 heterocycles. The van der Waals surface area contributed by atoms with Gasteiger partial charge in [-0.1, -0.05) is 41.9 Å². The van der Waals surface area contributed by atoms with Crippen molar-refractivity contribution < 1.29 is 23.7 Å². The molecule has 0 aliphatic carbocycles. The standard InChI is InChI=1S/C21H17ClN2O6/c22-17-9-6-15(24(27)28)12-18(17)23-20(25)13-29-21(26)11-8-16-7-10-19(30-16)14-4-2-1-3-5-14/h1-7,9-10,12H,8,11,13H2,(H,23,25). The zero-order valence-electron chi connectivity index (χ0n) is 15.7. The highest BCUT2D eigenvalue weighted by Gasteiger charge is 2.14. The summed E-state index contributed by atoms with van der Waals surface area (Å²) in [4.78, 5) is 34.1. The number of carbonyl (C=O) groups is 2. The fraction of sp³-hybridized carbons (Fsp3) is 0.143. The van der Waals surface area contributed by atoms with E-state index in [9.17, 15) is 19.7 Å². The number of hydrogen-bond acceptors (Lipinski definition) is 6. The number of nitrogens with one attached hydrogen (secondary N) is 1. The lowest BCUT2D eigenvalue weighted by Crippen LogP contribution is -2.21. The monoisotopic (exact) mass is 428 g/mol. The van der Waals surface area contributed by atoms with Crippen molar-refractivity contribution in [3.8, 4) is 11.3 Å². The molecule has 8 nitrogen and oxygen atoms in total. The second kappa shape index (κ2) is 9.71. The molecule has 0 unspecified atom stereocenters. The fourth-order valence-electron chi connectivity index (χ4n) is 2.62. The van der Waals surface area contributed by atoms with Crippen LogP contribution in [0.3, 0.4) is 0 Å². The van der Waals surface area contributed by atoms with E-state index in [1.807, 2.05) is 36.4 Å². The minimum Gasteiger partial charge on any atom is -0.461 e. The molecular formula is C21H17ClN2O6. The van der Waals surface area contributed by atoms with Crippen LogP contribution in [-0.2, 0) is 20.7 Å². The van der Waals surface area contributed by atoms with Gasteiger partial charge in [0.15, 0.2) is 6.61 Å². The maximum Gasteiger partial charge on any atom is 0.306 e. The second-order valence-electron chi connectivity index (χ2n) is 6.26. The number of carbonyl (C=O) groups excluding carboxylic acids is 2. The Morgan fingerprint density at radius 2 is 1.87 bits per heavy atom. The minimum atomic E-state index is -0.657. The molecule has 0 aliphatic rings. The fourth-order valence-corrected chi connectivity index (χ4v) is 2.79. The van der Waals surface area contributed by atoms with Gasteiger partial charge < -0.3 is 14.5 Å². The summed E-state index contributed by atoms with van der Waals surface area (Å²) in [5.41, 5.74) is 0.777. The number of esters is 1. The molecule has 0 saturated heterocycles. The van der Waals surface area contributed by atoms with Crippen LogP contribution in [0.1, 0.15) is 12.2 Å². The predicted octanol–water partition coefficient (Wildman–Crippen LogP) is 4.62. The number of non-ortho nitro benzene ring substituents is 1. The molecule has 1 N–H and O–H groups in total. The quantitative estimate of drug-likeness (QED) is 0.318. The van der Waals surface area contributed by atoms with E-state index in [0.29, 0.717) is 17.9 Å². The van der Waals surface area contributed by atoms with Crippen LogP contribution in [-0.4, -0.2) is 23.4 Å². The van der Waals surface area contributed by atoms with Gasteiger partial charge in [-0.25, -0.2) is 0 Å². The molecule has 0 spiro atoms. The molecule has 3 aromatic rings. The number of furan rings is 1. The van der Waals surface area contributed by atoms with Gasteiger partial charge in [-0.3, -0.25) is 19.7 Å². The molecule has 0 bridgehead atoms. The first kappa shape index (κ1) is 21.1. The van der Waals surface area contributed by atoms with Crippen LogP contribution in [0.15, 0.2) is 65.1 Å². The van der Waals surface area contributed by atoms with E-state index in [1.165, 1.54) is 12.1 Å². The van der Waals surface area contributed by atoms with E-state index in [4.69, 9.17) is 20.8 Å². The highest BCUT2D eigenvalue weighted by Crippen LogP contribution is 2.26. The van der Waals surface area contributed by atoms with Crippen molar-refractivity contribution in [2.45, 2.75) is 12.8 Å². The Kier molecular flexibility index (Phi) is 6.82. The summed E-state index contributed by atoms with van der Waals surface area (Å²) < 4.78 is 10.6. The molecule has 0 atom stereocenters. The molecule has 2 aromatic carbocycles. The first-order valence-corrected chi connectivity index (χ1v) is 9.34. The Hall–Kier alpha value is -3.65. The van der Waals surface area contributed by atoms with Crippen LogP contribution < -0.4 is 5.32 Å². The smallest absolute Gasteiger partial charge is 0.306 e. The summed E-state index contributed by atoms with van der Waals surface area (Å²) >= 11 is 5.92. The molecule has 154 valence electrons. The number of amides is 1. The SMILES string of the molecule is O=C(COC(=O)CCc1ccc(-c2ccccc2)o1)Nc1cc([N+](=O)[O-])ccc1Cl. The van der Waals surface area contributed by atoms with E-state index in [1.54, 1.807) is 6.07 Å². The topological polar surface area (TPSA) is 112 Å². The maximum atomic E-state index is 11.9. The largest absolute Gasteiger partial charge is 0.461 e. The first-order chi connectivity index (χ1) is 14.4. The summed E-state index contributed by atoms with van der Waals surface area (Å²) in [6.07, 6.45) is 0.358. The van der Waals surface area contributed by atoms with Gasteiger partial charge in [-0.05, 0) is 18.2 Å². The molecule has 0 aliphatic heterocycles. The van der Waals surface area contributed by atoms with Crippen molar-refractivity contribution >= 4 is 34.9 Å². The number of halogens is 1. The van der Waals surface area contributed by atoms with Gasteiger partial charge in [0.2, 0.25) is 0 Å². The van der Waals surface area contributed by atoms with Crippen molar-refractivity contribution in [3.63, 3.8) is 0 Å². The number of nitro groups is 1. The molecule has 0 saturated carbocycles. The lowest BCUT2D eigenvalue weighted by molar-refractivity contribution is -0.384. The highest BCUT2D eigenvalue weighted by atomic mass is 35.5. The molecule has 9 heteroatoms. The van der Waals surface area contributed by atoms with Gasteiger partial charge in [0.25, 0.3) is 11.6 Å². The highest BCUT2D eigenvalue weighted by molar-refractivity contribution is 6.33. The lowest BCUT2D eigenvalue weighted by Gasteiger charge is -2.08. The molecule has 30 heavy (non-hydrogen) atoms. The number of rotatable bonds is 8. The summed E-state index contributed by atoms with van der Waals surface area (Å²) in [5.74, 6) is 0.0915. The van der Waals surface area contributed by atoms with E-state index in [2.05, 4.69) is 5.32 Å². The molecule has 0 fully saturated rings. The third-order valence-corrected chi connectivity index (χ3v) is 4.42. The van der Waals surface area contributed by atoms with Crippen molar-refractivity contribution in [2.24, 2.45) is 0 Å². The van der Waals surface area contributed by atoms with Gasteiger partial charge in [-0.2, -0.15) is 0 Å². The van der Waals surface area contributed by atoms with Gasteiger partial charge in [0.05, 0.1) is 22.1 Å². The Morgan fingerprint density at radius 3 is 2.60 bits per heavy atom. The Morgan fingerprint density at radius 1 is 1.10 bits per heavy atom. The van der Waals surface area contributed by atoms with Gasteiger partial charge in [0.1, 0.15) is 11.5 Å². The van der Waals surface area contributed by atoms with Crippen molar-refractivity contribution in [2.75, 3.05) is 11.9 Å². The van der Waals surface area contributed by atoms with Gasteiger partial charge in [-0.15, -0.1) is 0 Å². The summed E-state index contributed by atoms with van der Waals surface area (Å²) in [6, 6.07) is 16.8. The normalized spacial score (nSPS) is 10.4. The Labute approximate surface area is 176 Å².